The Hall–Kier alpha value is -1.71. The lowest BCUT2D eigenvalue weighted by molar-refractivity contribution is 0.170. The molecule has 3 nitrogen and oxygen atoms in total. The molecule has 0 spiro atoms. The molecule has 3 rings (SSSR count). The zero-order valence-corrected chi connectivity index (χ0v) is 11.5. The normalized spacial score (nSPS) is 21.4. The number of aryl methyl sites for hydroxylation is 2. The van der Waals surface area contributed by atoms with Gasteiger partial charge < -0.3 is 9.30 Å². The van der Waals surface area contributed by atoms with Crippen molar-refractivity contribution in [3.05, 3.63) is 39.7 Å². The number of hydrogen-bond donors (Lipinski definition) is 0. The van der Waals surface area contributed by atoms with Crippen LogP contribution >= 0.6 is 0 Å². The summed E-state index contributed by atoms with van der Waals surface area (Å²) in [6.07, 6.45) is 2.38. The SMILES string of the molecule is [B]CC1(C)COc2c(C)ccc3c(=O)c(C)cn1c23. The quantitative estimate of drug-likeness (QED) is 0.730. The van der Waals surface area contributed by atoms with Gasteiger partial charge in [0.1, 0.15) is 12.4 Å². The van der Waals surface area contributed by atoms with Gasteiger partial charge in [-0.05, 0) is 32.4 Å². The van der Waals surface area contributed by atoms with E-state index in [2.05, 4.69) is 11.5 Å². The molecule has 1 aromatic carbocycles. The number of pyridine rings is 1. The standard InChI is InChI=1S/C15H16BNO2/c1-9-4-5-11-12-14(9)19-8-15(3,7-16)17(12)6-10(2)13(11)18/h4-6H,7-8H2,1-3H3. The molecule has 0 saturated heterocycles. The van der Waals surface area contributed by atoms with Gasteiger partial charge in [0.2, 0.25) is 0 Å². The van der Waals surface area contributed by atoms with Crippen LogP contribution in [0, 0.1) is 13.8 Å². The Labute approximate surface area is 113 Å². The molecule has 2 heterocycles. The van der Waals surface area contributed by atoms with Crippen LogP contribution < -0.4 is 10.2 Å². The van der Waals surface area contributed by atoms with E-state index in [1.54, 1.807) is 0 Å². The largest absolute Gasteiger partial charge is 0.489 e. The minimum absolute atomic E-state index is 0.0670. The average Bonchev–Trinajstić information content (AvgIpc) is 2.40. The molecule has 2 radical (unpaired) electrons. The molecular formula is C15H16BNO2. The van der Waals surface area contributed by atoms with Crippen LogP contribution in [0.1, 0.15) is 18.1 Å². The molecule has 0 saturated carbocycles. The number of ether oxygens (including phenoxy) is 1. The van der Waals surface area contributed by atoms with Crippen LogP contribution in [0.2, 0.25) is 6.32 Å². The van der Waals surface area contributed by atoms with Crippen LogP contribution in [0.15, 0.2) is 23.1 Å². The first-order chi connectivity index (χ1) is 8.98. The maximum absolute atomic E-state index is 12.3. The molecule has 0 N–H and O–H groups in total. The Morgan fingerprint density at radius 3 is 2.79 bits per heavy atom. The molecule has 0 aliphatic carbocycles. The summed E-state index contributed by atoms with van der Waals surface area (Å²) in [5.41, 5.74) is 2.41. The summed E-state index contributed by atoms with van der Waals surface area (Å²) < 4.78 is 8.00. The minimum atomic E-state index is -0.308. The van der Waals surface area contributed by atoms with E-state index in [0.29, 0.717) is 18.3 Å². The number of rotatable bonds is 1. The highest BCUT2D eigenvalue weighted by Gasteiger charge is 2.32. The van der Waals surface area contributed by atoms with Crippen molar-refractivity contribution in [3.63, 3.8) is 0 Å². The fraction of sp³-hybridized carbons (Fsp3) is 0.400. The van der Waals surface area contributed by atoms with Crippen molar-refractivity contribution in [1.29, 1.82) is 0 Å². The number of benzene rings is 1. The van der Waals surface area contributed by atoms with E-state index in [1.807, 2.05) is 32.2 Å². The van der Waals surface area contributed by atoms with Gasteiger partial charge in [-0.3, -0.25) is 4.79 Å². The third-order valence-corrected chi connectivity index (χ3v) is 4.04. The first kappa shape index (κ1) is 12.3. The first-order valence-electron chi connectivity index (χ1n) is 6.47. The van der Waals surface area contributed by atoms with Gasteiger partial charge in [-0.15, -0.1) is 0 Å². The first-order valence-corrected chi connectivity index (χ1v) is 6.47. The summed E-state index contributed by atoms with van der Waals surface area (Å²) in [7, 11) is 5.92. The number of aromatic nitrogens is 1. The summed E-state index contributed by atoms with van der Waals surface area (Å²) in [5, 5.41) is 0.708. The third kappa shape index (κ3) is 1.55. The second kappa shape index (κ2) is 3.89. The lowest BCUT2D eigenvalue weighted by Crippen LogP contribution is -2.40. The molecular weight excluding hydrogens is 237 g/mol. The Morgan fingerprint density at radius 2 is 2.11 bits per heavy atom. The summed E-state index contributed by atoms with van der Waals surface area (Å²) >= 11 is 0. The van der Waals surface area contributed by atoms with E-state index >= 15 is 0 Å². The predicted octanol–water partition coefficient (Wildman–Crippen LogP) is 2.31. The van der Waals surface area contributed by atoms with Crippen molar-refractivity contribution in [2.45, 2.75) is 32.6 Å². The Morgan fingerprint density at radius 1 is 1.37 bits per heavy atom. The second-order valence-corrected chi connectivity index (χ2v) is 5.61. The highest BCUT2D eigenvalue weighted by Crippen LogP contribution is 2.37. The van der Waals surface area contributed by atoms with Crippen molar-refractivity contribution in [2.75, 3.05) is 6.61 Å². The van der Waals surface area contributed by atoms with Crippen LogP contribution in [-0.2, 0) is 5.54 Å². The molecule has 96 valence electrons. The van der Waals surface area contributed by atoms with Gasteiger partial charge in [0.25, 0.3) is 0 Å². The van der Waals surface area contributed by atoms with E-state index in [1.165, 1.54) is 0 Å². The zero-order chi connectivity index (χ0) is 13.8. The van der Waals surface area contributed by atoms with Crippen molar-refractivity contribution in [1.82, 2.24) is 4.57 Å². The van der Waals surface area contributed by atoms with Crippen LogP contribution in [0.3, 0.4) is 0 Å². The summed E-state index contributed by atoms with van der Waals surface area (Å²) in [6, 6.07) is 3.82. The zero-order valence-electron chi connectivity index (χ0n) is 11.5. The molecule has 0 amide bonds. The molecule has 2 aromatic rings. The summed E-state index contributed by atoms with van der Waals surface area (Å²) in [5.74, 6) is 0.806. The van der Waals surface area contributed by atoms with Gasteiger partial charge in [0.05, 0.1) is 18.9 Å². The molecule has 1 unspecified atom stereocenters. The average molecular weight is 253 g/mol. The molecule has 4 heteroatoms. The number of nitrogens with zero attached hydrogens (tertiary/aromatic N) is 1. The van der Waals surface area contributed by atoms with E-state index in [-0.39, 0.29) is 11.0 Å². The third-order valence-electron chi connectivity index (χ3n) is 4.04. The van der Waals surface area contributed by atoms with E-state index < -0.39 is 0 Å². The predicted molar refractivity (Wildman–Crippen MR) is 77.4 cm³/mol. The fourth-order valence-corrected chi connectivity index (χ4v) is 2.69. The van der Waals surface area contributed by atoms with Crippen LogP contribution in [0.25, 0.3) is 10.9 Å². The molecule has 19 heavy (non-hydrogen) atoms. The molecule has 1 aromatic heterocycles. The maximum atomic E-state index is 12.3. The maximum Gasteiger partial charge on any atom is 0.192 e. The Bertz CT molecular complexity index is 735. The molecule has 0 bridgehead atoms. The van der Waals surface area contributed by atoms with Gasteiger partial charge in [0.15, 0.2) is 5.43 Å². The minimum Gasteiger partial charge on any atom is -0.489 e. The topological polar surface area (TPSA) is 31.2 Å². The summed E-state index contributed by atoms with van der Waals surface area (Å²) in [6.45, 7) is 6.42. The highest BCUT2D eigenvalue weighted by molar-refractivity contribution is 6.09. The van der Waals surface area contributed by atoms with E-state index in [0.717, 1.165) is 22.4 Å². The lowest BCUT2D eigenvalue weighted by Gasteiger charge is -2.38. The lowest BCUT2D eigenvalue weighted by atomic mass is 9.84. The van der Waals surface area contributed by atoms with Gasteiger partial charge in [0, 0.05) is 17.1 Å². The van der Waals surface area contributed by atoms with Gasteiger partial charge in [-0.1, -0.05) is 12.4 Å². The Kier molecular flexibility index (Phi) is 2.53. The van der Waals surface area contributed by atoms with E-state index in [9.17, 15) is 4.79 Å². The van der Waals surface area contributed by atoms with E-state index in [4.69, 9.17) is 12.6 Å². The highest BCUT2D eigenvalue weighted by atomic mass is 16.5. The molecule has 0 fully saturated rings. The van der Waals surface area contributed by atoms with Gasteiger partial charge in [-0.2, -0.15) is 0 Å². The number of hydrogen-bond acceptors (Lipinski definition) is 2. The van der Waals surface area contributed by atoms with Gasteiger partial charge in [-0.25, -0.2) is 0 Å². The van der Waals surface area contributed by atoms with Crippen LogP contribution in [0.5, 0.6) is 5.75 Å². The monoisotopic (exact) mass is 253 g/mol. The molecule has 1 aliphatic heterocycles. The fourth-order valence-electron chi connectivity index (χ4n) is 2.69. The Balaban J connectivity index is 2.54. The van der Waals surface area contributed by atoms with Crippen molar-refractivity contribution in [2.24, 2.45) is 0 Å². The molecule has 1 atom stereocenters. The molecule has 1 aliphatic rings. The van der Waals surface area contributed by atoms with Crippen molar-refractivity contribution >= 4 is 18.7 Å². The van der Waals surface area contributed by atoms with Crippen LogP contribution in [0.4, 0.5) is 0 Å². The van der Waals surface area contributed by atoms with Crippen molar-refractivity contribution < 1.29 is 4.74 Å². The smallest absolute Gasteiger partial charge is 0.192 e. The van der Waals surface area contributed by atoms with Crippen molar-refractivity contribution in [3.8, 4) is 5.75 Å². The van der Waals surface area contributed by atoms with Crippen LogP contribution in [-0.4, -0.2) is 19.0 Å². The second-order valence-electron chi connectivity index (χ2n) is 5.61. The van der Waals surface area contributed by atoms with Gasteiger partial charge >= 0.3 is 0 Å². The summed E-state index contributed by atoms with van der Waals surface area (Å²) in [4.78, 5) is 12.3.